The largest absolute Gasteiger partial charge is 0.400 e. The summed E-state index contributed by atoms with van der Waals surface area (Å²) in [7, 11) is 5.10. The van der Waals surface area contributed by atoms with Crippen LogP contribution in [0.5, 0.6) is 0 Å². The second kappa shape index (κ2) is 21.7. The van der Waals surface area contributed by atoms with Crippen molar-refractivity contribution in [2.45, 2.75) is 111 Å². The predicted octanol–water partition coefficient (Wildman–Crippen LogP) is 9.31. The summed E-state index contributed by atoms with van der Waals surface area (Å²) in [6.07, 6.45) is 14.7. The molecule has 4 heterocycles. The maximum absolute atomic E-state index is 13.9. The van der Waals surface area contributed by atoms with E-state index in [0.29, 0.717) is 16.8 Å². The molecule has 0 unspecified atom stereocenters. The molecule has 2 aromatic heterocycles. The third kappa shape index (κ3) is 10.7. The highest BCUT2D eigenvalue weighted by atomic mass is 35.5. The molecule has 3 N–H and O–H groups in total. The summed E-state index contributed by atoms with van der Waals surface area (Å²) in [4.78, 5) is 40.4. The Bertz CT molecular complexity index is 2140. The Hall–Kier alpha value is -4.29. The Morgan fingerprint density at radius 3 is 1.89 bits per heavy atom. The van der Waals surface area contributed by atoms with Gasteiger partial charge in [0.1, 0.15) is 6.29 Å². The van der Waals surface area contributed by atoms with E-state index in [1.165, 1.54) is 24.2 Å². The van der Waals surface area contributed by atoms with Gasteiger partial charge >= 0.3 is 0 Å². The Labute approximate surface area is 369 Å². The van der Waals surface area contributed by atoms with E-state index >= 15 is 0 Å². The lowest BCUT2D eigenvalue weighted by molar-refractivity contribution is -0.112. The van der Waals surface area contributed by atoms with Gasteiger partial charge in [0.25, 0.3) is 5.91 Å². The first-order valence-corrected chi connectivity index (χ1v) is 23.3. The number of amides is 1. The number of carbonyl (C=O) groups is 2. The Balaban J connectivity index is 0.00000151. The van der Waals surface area contributed by atoms with Gasteiger partial charge in [-0.2, -0.15) is 0 Å². The van der Waals surface area contributed by atoms with E-state index in [4.69, 9.17) is 26.7 Å². The number of allylic oxidation sites excluding steroid dienone is 1. The average molecular weight is 854 g/mol. The summed E-state index contributed by atoms with van der Waals surface area (Å²) in [5, 5.41) is 14.6. The highest BCUT2D eigenvalue weighted by Crippen LogP contribution is 2.40. The van der Waals surface area contributed by atoms with Crippen LogP contribution in [-0.4, -0.2) is 79.5 Å². The third-order valence-corrected chi connectivity index (χ3v) is 13.2. The molecule has 8 rings (SSSR count). The number of nitrogens with zero attached hydrogens (tertiary/aromatic N) is 6. The molecular weight excluding hydrogens is 784 g/mol. The first kappa shape index (κ1) is 46.2. The molecule has 12 heteroatoms. The minimum absolute atomic E-state index is 0.186. The maximum atomic E-state index is 13.9. The van der Waals surface area contributed by atoms with Gasteiger partial charge in [-0.25, -0.2) is 9.97 Å². The van der Waals surface area contributed by atoms with Gasteiger partial charge in [-0.1, -0.05) is 76.1 Å². The van der Waals surface area contributed by atoms with Gasteiger partial charge in [0.05, 0.1) is 27.8 Å². The fourth-order valence-corrected chi connectivity index (χ4v) is 9.77. The van der Waals surface area contributed by atoms with Crippen LogP contribution in [0.3, 0.4) is 0 Å². The van der Waals surface area contributed by atoms with Crippen LogP contribution in [0.4, 0.5) is 11.4 Å². The molecule has 330 valence electrons. The molecule has 0 saturated heterocycles. The zero-order valence-electron chi connectivity index (χ0n) is 37.7. The maximum Gasteiger partial charge on any atom is 0.291 e. The number of aldehydes is 1. The summed E-state index contributed by atoms with van der Waals surface area (Å²) in [6.45, 7) is 14.2. The van der Waals surface area contributed by atoms with E-state index in [1.54, 1.807) is 0 Å². The van der Waals surface area contributed by atoms with Crippen molar-refractivity contribution in [1.29, 1.82) is 0 Å². The van der Waals surface area contributed by atoms with E-state index in [1.807, 2.05) is 49.7 Å². The molecule has 4 aliphatic rings. The number of hydrogen-bond acceptors (Lipinski definition) is 8. The fraction of sp³-hybridized carbons (Fsp3) is 0.551. The van der Waals surface area contributed by atoms with E-state index in [2.05, 4.69) is 64.1 Å². The first-order chi connectivity index (χ1) is 29.7. The van der Waals surface area contributed by atoms with Gasteiger partial charge in [-0.3, -0.25) is 14.6 Å². The smallest absolute Gasteiger partial charge is 0.291 e. The highest BCUT2D eigenvalue weighted by molar-refractivity contribution is 6.36. The molecule has 0 radical (unpaired) electrons. The second-order valence-corrected chi connectivity index (χ2v) is 17.3. The normalized spacial score (nSPS) is 19.1. The van der Waals surface area contributed by atoms with Crippen LogP contribution < -0.4 is 10.6 Å². The van der Waals surface area contributed by atoms with Crippen molar-refractivity contribution >= 4 is 40.9 Å². The second-order valence-electron chi connectivity index (χ2n) is 17.0. The number of imidazole rings is 2. The van der Waals surface area contributed by atoms with Gasteiger partial charge in [0.2, 0.25) is 0 Å². The molecule has 0 atom stereocenters. The third-order valence-electron chi connectivity index (χ3n) is 12.8. The number of aliphatic hydroxyl groups excluding tert-OH is 1. The molecule has 0 spiro atoms. The average Bonchev–Trinajstić information content (AvgIpc) is 3.96. The molecule has 2 fully saturated rings. The summed E-state index contributed by atoms with van der Waals surface area (Å²) in [5.41, 5.74) is 10.2. The van der Waals surface area contributed by atoms with Gasteiger partial charge in [0.15, 0.2) is 11.6 Å². The quantitative estimate of drug-likeness (QED) is 0.108. The molecule has 1 amide bonds. The standard InChI is InChI=1S/C46H59ClN8O2.C2H6.CH4O/c1-5-9-34-33(11-7-13-36(34)51-46(57)45-50-40-28-55(25-30-15-16-30)24-22-42(40)53(45)4)35-12-8-14-37(43(35)47)48-38(10-6-2)44-49-39-27-54(23-21-41(39)52(44)3)26-31-17-19-32(29-56)20-18-31;2*1-2/h7-8,10-14,29-32,48H,5-6,9,15-28H2,1-4H3,(H,51,57);1-2H3;2H,1H3/b38-10+;;. The number of benzene rings is 2. The molecule has 2 saturated carbocycles. The lowest BCUT2D eigenvalue weighted by Gasteiger charge is -2.33. The first-order valence-electron chi connectivity index (χ1n) is 22.9. The van der Waals surface area contributed by atoms with Crippen LogP contribution in [0, 0.1) is 17.8 Å². The molecule has 11 nitrogen and oxygen atoms in total. The van der Waals surface area contributed by atoms with Crippen molar-refractivity contribution in [3.63, 3.8) is 0 Å². The summed E-state index contributed by atoms with van der Waals surface area (Å²) < 4.78 is 4.24. The summed E-state index contributed by atoms with van der Waals surface area (Å²) in [5.74, 6) is 2.93. The fourth-order valence-electron chi connectivity index (χ4n) is 9.50. The lowest BCUT2D eigenvalue weighted by atomic mass is 9.82. The molecule has 0 bridgehead atoms. The minimum Gasteiger partial charge on any atom is -0.400 e. The number of anilines is 2. The molecule has 2 aliphatic heterocycles. The number of fused-ring (bicyclic) bond motifs is 2. The number of nitrogens with one attached hydrogen (secondary N) is 2. The van der Waals surface area contributed by atoms with Gasteiger partial charge in [-0.05, 0) is 86.5 Å². The Kier molecular flexibility index (Phi) is 16.4. The van der Waals surface area contributed by atoms with Crippen LogP contribution in [-0.2, 0) is 51.2 Å². The topological polar surface area (TPSA) is 121 Å². The van der Waals surface area contributed by atoms with E-state index in [-0.39, 0.29) is 11.8 Å². The van der Waals surface area contributed by atoms with Gasteiger partial charge < -0.3 is 29.7 Å². The van der Waals surface area contributed by atoms with E-state index < -0.39 is 0 Å². The van der Waals surface area contributed by atoms with E-state index in [9.17, 15) is 9.59 Å². The van der Waals surface area contributed by atoms with Crippen molar-refractivity contribution in [1.82, 2.24) is 28.9 Å². The number of aromatic nitrogens is 4. The number of halogens is 1. The number of aliphatic hydroxyl groups is 1. The van der Waals surface area contributed by atoms with Crippen molar-refractivity contribution in [2.75, 3.05) is 43.9 Å². The molecule has 2 aromatic carbocycles. The molecule has 2 aliphatic carbocycles. The minimum atomic E-state index is -0.186. The summed E-state index contributed by atoms with van der Waals surface area (Å²) >= 11 is 7.35. The molecule has 4 aromatic rings. The number of rotatable bonds is 14. The van der Waals surface area contributed by atoms with Gasteiger partial charge in [-0.15, -0.1) is 0 Å². The number of carbonyl (C=O) groups excluding carboxylic acids is 2. The molecule has 61 heavy (non-hydrogen) atoms. The lowest BCUT2D eigenvalue weighted by Crippen LogP contribution is -2.36. The van der Waals surface area contributed by atoms with Gasteiger partial charge in [0, 0.05) is 102 Å². The number of hydrogen-bond donors (Lipinski definition) is 3. The monoisotopic (exact) mass is 853 g/mol. The Morgan fingerprint density at radius 2 is 1.33 bits per heavy atom. The SMILES string of the molecule is CC.CC/C=C(/Nc1cccc(-c2cccc(NC(=O)c3nc4c(n3C)CCN(CC3CC3)C4)c2CCC)c1Cl)c1nc2c(n1C)CCN(CC1CCC(C=O)CC1)C2.CO. The van der Waals surface area contributed by atoms with Crippen LogP contribution in [0.15, 0.2) is 42.5 Å². The van der Waals surface area contributed by atoms with Crippen LogP contribution in [0.25, 0.3) is 16.8 Å². The zero-order valence-corrected chi connectivity index (χ0v) is 38.5. The van der Waals surface area contributed by atoms with Crippen molar-refractivity contribution in [3.8, 4) is 11.1 Å². The van der Waals surface area contributed by atoms with Crippen LogP contribution >= 0.6 is 11.6 Å². The summed E-state index contributed by atoms with van der Waals surface area (Å²) in [6, 6.07) is 12.2. The van der Waals surface area contributed by atoms with Crippen molar-refractivity contribution in [2.24, 2.45) is 31.8 Å². The van der Waals surface area contributed by atoms with Crippen molar-refractivity contribution < 1.29 is 14.7 Å². The highest BCUT2D eigenvalue weighted by Gasteiger charge is 2.31. The van der Waals surface area contributed by atoms with E-state index in [0.717, 1.165) is 167 Å². The van der Waals surface area contributed by atoms with Crippen LogP contribution in [0.1, 0.15) is 124 Å². The zero-order chi connectivity index (χ0) is 43.6. The predicted molar refractivity (Wildman–Crippen MR) is 249 cm³/mol. The van der Waals surface area contributed by atoms with Crippen molar-refractivity contribution in [3.05, 3.63) is 87.5 Å². The Morgan fingerprint density at radius 1 is 0.787 bits per heavy atom. The van der Waals surface area contributed by atoms with Crippen LogP contribution in [0.2, 0.25) is 5.02 Å². The molecular formula is C49H69ClN8O3.